The predicted octanol–water partition coefficient (Wildman–Crippen LogP) is 4.44. The van der Waals surface area contributed by atoms with Crippen LogP contribution in [0.25, 0.3) is 10.9 Å². The van der Waals surface area contributed by atoms with Gasteiger partial charge in [0.1, 0.15) is 5.75 Å². The van der Waals surface area contributed by atoms with Crippen LogP contribution in [-0.2, 0) is 0 Å². The quantitative estimate of drug-likeness (QED) is 0.650. The van der Waals surface area contributed by atoms with Gasteiger partial charge < -0.3 is 15.0 Å². The number of hydrogen-bond donors (Lipinski definition) is 2. The van der Waals surface area contributed by atoms with Crippen LogP contribution in [0, 0.1) is 0 Å². The molecule has 1 aromatic heterocycles. The summed E-state index contributed by atoms with van der Waals surface area (Å²) in [6.07, 6.45) is -4.79. The van der Waals surface area contributed by atoms with Crippen LogP contribution < -0.4 is 15.6 Å². The van der Waals surface area contributed by atoms with Crippen molar-refractivity contribution in [2.24, 2.45) is 0 Å². The van der Waals surface area contributed by atoms with Gasteiger partial charge in [-0.25, -0.2) is 0 Å². The smallest absolute Gasteiger partial charge is 0.406 e. The standard InChI is InChI=1S/C17H10BrF3N2O3/c18-9-1-6-12-13(8-15(24)23-14(12)7-9)16(25)22-10-2-4-11(5-3-10)26-17(19,20)21/h1-8H,(H,22,25)(H,23,24). The first-order valence-electron chi connectivity index (χ1n) is 7.21. The average Bonchev–Trinajstić information content (AvgIpc) is 2.54. The van der Waals surface area contributed by atoms with Gasteiger partial charge in [0, 0.05) is 21.6 Å². The van der Waals surface area contributed by atoms with Gasteiger partial charge in [-0.3, -0.25) is 9.59 Å². The molecule has 1 amide bonds. The average molecular weight is 427 g/mol. The van der Waals surface area contributed by atoms with Crippen LogP contribution in [0.5, 0.6) is 5.75 Å². The molecule has 1 heterocycles. The second-order valence-electron chi connectivity index (χ2n) is 5.26. The second kappa shape index (κ2) is 6.83. The molecule has 134 valence electrons. The number of nitrogens with one attached hydrogen (secondary N) is 2. The van der Waals surface area contributed by atoms with Crippen molar-refractivity contribution in [2.75, 3.05) is 5.32 Å². The molecule has 9 heteroatoms. The normalized spacial score (nSPS) is 11.4. The van der Waals surface area contributed by atoms with Gasteiger partial charge >= 0.3 is 6.36 Å². The SMILES string of the molecule is O=C(Nc1ccc(OC(F)(F)F)cc1)c1cc(=O)[nH]c2cc(Br)ccc12. The number of aromatic amines is 1. The number of carbonyl (C=O) groups is 1. The largest absolute Gasteiger partial charge is 0.573 e. The van der Waals surface area contributed by atoms with E-state index in [0.29, 0.717) is 10.9 Å². The molecule has 5 nitrogen and oxygen atoms in total. The Labute approximate surface area is 152 Å². The number of halogens is 4. The van der Waals surface area contributed by atoms with E-state index in [1.54, 1.807) is 18.2 Å². The summed E-state index contributed by atoms with van der Waals surface area (Å²) in [4.78, 5) is 26.9. The Bertz CT molecular complexity index is 1030. The number of hydrogen-bond acceptors (Lipinski definition) is 3. The lowest BCUT2D eigenvalue weighted by molar-refractivity contribution is -0.274. The number of benzene rings is 2. The third-order valence-electron chi connectivity index (χ3n) is 3.40. The zero-order valence-corrected chi connectivity index (χ0v) is 14.4. The molecule has 0 aliphatic heterocycles. The number of alkyl halides is 3. The molecular formula is C17H10BrF3N2O3. The molecule has 3 aromatic rings. The number of anilines is 1. The lowest BCUT2D eigenvalue weighted by Gasteiger charge is -2.11. The maximum Gasteiger partial charge on any atom is 0.573 e. The number of amides is 1. The highest BCUT2D eigenvalue weighted by Gasteiger charge is 2.31. The van der Waals surface area contributed by atoms with E-state index < -0.39 is 23.6 Å². The monoisotopic (exact) mass is 426 g/mol. The zero-order chi connectivity index (χ0) is 18.9. The number of pyridine rings is 1. The second-order valence-corrected chi connectivity index (χ2v) is 6.18. The van der Waals surface area contributed by atoms with Crippen molar-refractivity contribution in [3.63, 3.8) is 0 Å². The van der Waals surface area contributed by atoms with Crippen molar-refractivity contribution in [2.45, 2.75) is 6.36 Å². The van der Waals surface area contributed by atoms with Crippen molar-refractivity contribution >= 4 is 38.4 Å². The maximum atomic E-state index is 12.5. The summed E-state index contributed by atoms with van der Waals surface area (Å²) in [5.41, 5.74) is 0.433. The Morgan fingerprint density at radius 1 is 1.08 bits per heavy atom. The highest BCUT2D eigenvalue weighted by atomic mass is 79.9. The van der Waals surface area contributed by atoms with Crippen LogP contribution in [0.3, 0.4) is 0 Å². The number of fused-ring (bicyclic) bond motifs is 1. The first-order chi connectivity index (χ1) is 12.2. The van der Waals surface area contributed by atoms with Gasteiger partial charge in [-0.1, -0.05) is 22.0 Å². The topological polar surface area (TPSA) is 71.2 Å². The Balaban J connectivity index is 1.87. The fraction of sp³-hybridized carbons (Fsp3) is 0.0588. The van der Waals surface area contributed by atoms with Crippen molar-refractivity contribution in [1.29, 1.82) is 0 Å². The first kappa shape index (κ1) is 18.0. The molecule has 2 N–H and O–H groups in total. The van der Waals surface area contributed by atoms with E-state index in [-0.39, 0.29) is 11.3 Å². The molecule has 0 spiro atoms. The molecule has 2 aromatic carbocycles. The predicted molar refractivity (Wildman–Crippen MR) is 93.3 cm³/mol. The molecule has 0 aliphatic carbocycles. The van der Waals surface area contributed by atoms with Gasteiger partial charge in [0.05, 0.1) is 11.1 Å². The third-order valence-corrected chi connectivity index (χ3v) is 3.89. The van der Waals surface area contributed by atoms with E-state index in [1.165, 1.54) is 12.1 Å². The summed E-state index contributed by atoms with van der Waals surface area (Å²) in [5, 5.41) is 3.07. The van der Waals surface area contributed by atoms with Crippen molar-refractivity contribution < 1.29 is 22.7 Å². The van der Waals surface area contributed by atoms with Crippen LogP contribution >= 0.6 is 15.9 Å². The lowest BCUT2D eigenvalue weighted by Crippen LogP contribution is -2.18. The molecular weight excluding hydrogens is 417 g/mol. The van der Waals surface area contributed by atoms with E-state index in [4.69, 9.17) is 0 Å². The van der Waals surface area contributed by atoms with E-state index in [1.807, 2.05) is 0 Å². The van der Waals surface area contributed by atoms with Crippen LogP contribution in [0.1, 0.15) is 10.4 Å². The fourth-order valence-corrected chi connectivity index (χ4v) is 2.72. The highest BCUT2D eigenvalue weighted by Crippen LogP contribution is 2.25. The minimum absolute atomic E-state index is 0.145. The Morgan fingerprint density at radius 2 is 1.77 bits per heavy atom. The molecule has 3 rings (SSSR count). The van der Waals surface area contributed by atoms with Crippen LogP contribution in [0.4, 0.5) is 18.9 Å². The van der Waals surface area contributed by atoms with Gasteiger partial charge in [-0.05, 0) is 36.4 Å². The highest BCUT2D eigenvalue weighted by molar-refractivity contribution is 9.10. The van der Waals surface area contributed by atoms with Crippen LogP contribution in [0.2, 0.25) is 0 Å². The van der Waals surface area contributed by atoms with E-state index in [2.05, 4.69) is 31.0 Å². The van der Waals surface area contributed by atoms with Gasteiger partial charge in [-0.2, -0.15) is 0 Å². The Kier molecular flexibility index (Phi) is 4.73. The summed E-state index contributed by atoms with van der Waals surface area (Å²) >= 11 is 3.29. The fourth-order valence-electron chi connectivity index (χ4n) is 2.36. The number of aromatic nitrogens is 1. The van der Waals surface area contributed by atoms with E-state index >= 15 is 0 Å². The van der Waals surface area contributed by atoms with Gasteiger partial charge in [-0.15, -0.1) is 13.2 Å². The summed E-state index contributed by atoms with van der Waals surface area (Å²) in [6, 6.07) is 10.9. The molecule has 0 saturated heterocycles. The number of rotatable bonds is 3. The molecule has 0 aliphatic rings. The van der Waals surface area contributed by atoms with Gasteiger partial charge in [0.15, 0.2) is 0 Å². The number of carbonyl (C=O) groups excluding carboxylic acids is 1. The Hall–Kier alpha value is -2.81. The zero-order valence-electron chi connectivity index (χ0n) is 12.9. The van der Waals surface area contributed by atoms with E-state index in [0.717, 1.165) is 22.7 Å². The minimum Gasteiger partial charge on any atom is -0.406 e. The molecule has 0 fully saturated rings. The van der Waals surface area contributed by atoms with E-state index in [9.17, 15) is 22.8 Å². The third kappa shape index (κ3) is 4.23. The molecule has 26 heavy (non-hydrogen) atoms. The van der Waals surface area contributed by atoms with Crippen molar-refractivity contribution in [3.05, 3.63) is 68.9 Å². The number of H-pyrrole nitrogens is 1. The van der Waals surface area contributed by atoms with Crippen LogP contribution in [0.15, 0.2) is 57.8 Å². The van der Waals surface area contributed by atoms with Gasteiger partial charge in [0.25, 0.3) is 5.91 Å². The van der Waals surface area contributed by atoms with Gasteiger partial charge in [0.2, 0.25) is 5.56 Å². The first-order valence-corrected chi connectivity index (χ1v) is 8.00. The lowest BCUT2D eigenvalue weighted by atomic mass is 10.1. The molecule has 0 unspecified atom stereocenters. The van der Waals surface area contributed by atoms with Crippen molar-refractivity contribution in [3.8, 4) is 5.75 Å². The number of ether oxygens (including phenoxy) is 1. The summed E-state index contributed by atoms with van der Waals surface area (Å²) in [6.45, 7) is 0. The maximum absolute atomic E-state index is 12.5. The minimum atomic E-state index is -4.79. The molecule has 0 radical (unpaired) electrons. The summed E-state index contributed by atoms with van der Waals surface area (Å²) in [7, 11) is 0. The Morgan fingerprint density at radius 3 is 2.42 bits per heavy atom. The molecule has 0 atom stereocenters. The molecule has 0 bridgehead atoms. The summed E-state index contributed by atoms with van der Waals surface area (Å²) in [5.74, 6) is -0.963. The van der Waals surface area contributed by atoms with Crippen molar-refractivity contribution in [1.82, 2.24) is 4.98 Å². The van der Waals surface area contributed by atoms with Crippen LogP contribution in [-0.4, -0.2) is 17.3 Å². The summed E-state index contributed by atoms with van der Waals surface area (Å²) < 4.78 is 41.0. The molecule has 0 saturated carbocycles.